The fourth-order valence-corrected chi connectivity index (χ4v) is 1.80. The zero-order chi connectivity index (χ0) is 13.8. The fourth-order valence-electron chi connectivity index (χ4n) is 1.62. The number of nitrogens with one attached hydrogen (secondary N) is 1. The van der Waals surface area contributed by atoms with Crippen LogP contribution < -0.4 is 5.32 Å². The minimum atomic E-state index is -0.810. The van der Waals surface area contributed by atoms with Crippen molar-refractivity contribution < 1.29 is 8.78 Å². The van der Waals surface area contributed by atoms with Crippen LogP contribution in [0.5, 0.6) is 0 Å². The van der Waals surface area contributed by atoms with Crippen LogP contribution in [0, 0.1) is 23.0 Å². The number of hydrogen-bond donors (Lipinski definition) is 1. The van der Waals surface area contributed by atoms with Crippen molar-refractivity contribution in [3.05, 3.63) is 64.7 Å². The number of rotatable bonds is 3. The molecule has 0 aliphatic carbocycles. The molecule has 0 aromatic heterocycles. The molecular weight excluding hydrogens is 270 g/mol. The summed E-state index contributed by atoms with van der Waals surface area (Å²) in [7, 11) is 0. The molecule has 96 valence electrons. The van der Waals surface area contributed by atoms with Crippen molar-refractivity contribution in [3.63, 3.8) is 0 Å². The molecule has 0 aliphatic heterocycles. The lowest BCUT2D eigenvalue weighted by molar-refractivity contribution is 0.625. The quantitative estimate of drug-likeness (QED) is 0.909. The van der Waals surface area contributed by atoms with Crippen LogP contribution in [-0.4, -0.2) is 0 Å². The Kier molecular flexibility index (Phi) is 3.98. The summed E-state index contributed by atoms with van der Waals surface area (Å²) < 4.78 is 26.5. The van der Waals surface area contributed by atoms with E-state index in [1.54, 1.807) is 12.1 Å². The molecule has 1 atom stereocenters. The van der Waals surface area contributed by atoms with Crippen molar-refractivity contribution in [2.24, 2.45) is 0 Å². The van der Waals surface area contributed by atoms with Gasteiger partial charge < -0.3 is 5.32 Å². The maximum Gasteiger partial charge on any atom is 0.146 e. The van der Waals surface area contributed by atoms with Crippen LogP contribution in [0.3, 0.4) is 0 Å². The van der Waals surface area contributed by atoms with Crippen LogP contribution in [0.1, 0.15) is 11.6 Å². The lowest BCUT2D eigenvalue weighted by atomic mass is 10.1. The Labute approximate surface area is 114 Å². The molecule has 1 unspecified atom stereocenters. The summed E-state index contributed by atoms with van der Waals surface area (Å²) in [6, 6.07) is 11.1. The zero-order valence-electron chi connectivity index (χ0n) is 9.70. The number of nitriles is 1. The maximum atomic E-state index is 13.5. The molecule has 2 aromatic carbocycles. The van der Waals surface area contributed by atoms with Crippen molar-refractivity contribution in [1.82, 2.24) is 0 Å². The van der Waals surface area contributed by atoms with Gasteiger partial charge in [-0.3, -0.25) is 0 Å². The molecule has 0 radical (unpaired) electrons. The standard InChI is InChI=1S/C14H9ClF2N2/c15-10-7-9(5-6-11(10)16)14(8-18)19-13-4-2-1-3-12(13)17/h1-7,14,19H. The number of halogens is 3. The Morgan fingerprint density at radius 2 is 1.84 bits per heavy atom. The third-order valence-corrected chi connectivity index (χ3v) is 2.87. The highest BCUT2D eigenvalue weighted by atomic mass is 35.5. The molecule has 2 aromatic rings. The minimum absolute atomic E-state index is 0.0758. The average Bonchev–Trinajstić information content (AvgIpc) is 2.41. The van der Waals surface area contributed by atoms with E-state index in [0.717, 1.165) is 0 Å². The molecule has 0 saturated carbocycles. The van der Waals surface area contributed by atoms with Crippen molar-refractivity contribution in [1.29, 1.82) is 5.26 Å². The van der Waals surface area contributed by atoms with Gasteiger partial charge in [-0.05, 0) is 29.8 Å². The lowest BCUT2D eigenvalue weighted by Crippen LogP contribution is -2.09. The van der Waals surface area contributed by atoms with E-state index in [-0.39, 0.29) is 10.7 Å². The maximum absolute atomic E-state index is 13.5. The minimum Gasteiger partial charge on any atom is -0.364 e. The second kappa shape index (κ2) is 5.68. The monoisotopic (exact) mass is 278 g/mol. The van der Waals surface area contributed by atoms with Gasteiger partial charge in [-0.1, -0.05) is 29.8 Å². The number of anilines is 1. The zero-order valence-corrected chi connectivity index (χ0v) is 10.5. The van der Waals surface area contributed by atoms with E-state index >= 15 is 0 Å². The molecular formula is C14H9ClF2N2. The predicted octanol–water partition coefficient (Wildman–Crippen LogP) is 4.29. The highest BCUT2D eigenvalue weighted by molar-refractivity contribution is 6.30. The van der Waals surface area contributed by atoms with Gasteiger partial charge in [0.25, 0.3) is 0 Å². The number of para-hydroxylation sites is 1. The summed E-state index contributed by atoms with van der Waals surface area (Å²) in [5, 5.41) is 11.8. The van der Waals surface area contributed by atoms with Crippen LogP contribution in [0.15, 0.2) is 42.5 Å². The molecule has 2 nitrogen and oxygen atoms in total. The van der Waals surface area contributed by atoms with Crippen molar-refractivity contribution in [2.75, 3.05) is 5.32 Å². The van der Waals surface area contributed by atoms with Gasteiger partial charge in [0.05, 0.1) is 16.8 Å². The molecule has 19 heavy (non-hydrogen) atoms. The van der Waals surface area contributed by atoms with Crippen LogP contribution in [-0.2, 0) is 0 Å². The van der Waals surface area contributed by atoms with Crippen molar-refractivity contribution in [2.45, 2.75) is 6.04 Å². The van der Waals surface area contributed by atoms with E-state index in [4.69, 9.17) is 16.9 Å². The molecule has 0 fully saturated rings. The summed E-state index contributed by atoms with van der Waals surface area (Å²) in [6.07, 6.45) is 0. The van der Waals surface area contributed by atoms with Gasteiger partial charge in [-0.25, -0.2) is 8.78 Å². The van der Waals surface area contributed by atoms with E-state index < -0.39 is 17.7 Å². The smallest absolute Gasteiger partial charge is 0.146 e. The second-order valence-electron chi connectivity index (χ2n) is 3.86. The van der Waals surface area contributed by atoms with Crippen LogP contribution >= 0.6 is 11.6 Å². The Morgan fingerprint density at radius 3 is 2.47 bits per heavy atom. The van der Waals surface area contributed by atoms with Gasteiger partial charge in [0.1, 0.15) is 17.7 Å². The Balaban J connectivity index is 2.28. The van der Waals surface area contributed by atoms with Crippen molar-refractivity contribution in [3.8, 4) is 6.07 Å². The summed E-state index contributed by atoms with van der Waals surface area (Å²) in [5.41, 5.74) is 0.673. The number of hydrogen-bond acceptors (Lipinski definition) is 2. The molecule has 0 amide bonds. The molecule has 0 spiro atoms. The van der Waals surface area contributed by atoms with E-state index in [9.17, 15) is 8.78 Å². The molecule has 2 rings (SSSR count). The van der Waals surface area contributed by atoms with E-state index in [1.165, 1.54) is 30.3 Å². The van der Waals surface area contributed by atoms with E-state index in [0.29, 0.717) is 5.56 Å². The second-order valence-corrected chi connectivity index (χ2v) is 4.27. The van der Waals surface area contributed by atoms with Gasteiger partial charge in [-0.15, -0.1) is 0 Å². The largest absolute Gasteiger partial charge is 0.364 e. The summed E-state index contributed by atoms with van der Waals surface area (Å²) in [6.45, 7) is 0. The van der Waals surface area contributed by atoms with Crippen LogP contribution in [0.4, 0.5) is 14.5 Å². The SMILES string of the molecule is N#CC(Nc1ccccc1F)c1ccc(F)c(Cl)c1. The van der Waals surface area contributed by atoms with Crippen LogP contribution in [0.25, 0.3) is 0 Å². The summed E-state index contributed by atoms with van der Waals surface area (Å²) in [4.78, 5) is 0. The van der Waals surface area contributed by atoms with Gasteiger partial charge in [0.2, 0.25) is 0 Å². The van der Waals surface area contributed by atoms with Crippen LogP contribution in [0.2, 0.25) is 5.02 Å². The third-order valence-electron chi connectivity index (χ3n) is 2.58. The molecule has 5 heteroatoms. The first-order valence-electron chi connectivity index (χ1n) is 5.47. The van der Waals surface area contributed by atoms with Gasteiger partial charge in [0.15, 0.2) is 0 Å². The predicted molar refractivity (Wildman–Crippen MR) is 69.8 cm³/mol. The molecule has 0 bridgehead atoms. The van der Waals surface area contributed by atoms with Gasteiger partial charge >= 0.3 is 0 Å². The summed E-state index contributed by atoms with van der Waals surface area (Å²) >= 11 is 5.66. The molecule has 0 heterocycles. The van der Waals surface area contributed by atoms with Gasteiger partial charge in [0, 0.05) is 0 Å². The average molecular weight is 279 g/mol. The third kappa shape index (κ3) is 3.01. The molecule has 1 N–H and O–H groups in total. The highest BCUT2D eigenvalue weighted by Crippen LogP contribution is 2.24. The lowest BCUT2D eigenvalue weighted by Gasteiger charge is -2.14. The number of benzene rings is 2. The van der Waals surface area contributed by atoms with Crippen molar-refractivity contribution >= 4 is 17.3 Å². The number of nitrogens with zero attached hydrogens (tertiary/aromatic N) is 1. The Hall–Kier alpha value is -2.12. The fraction of sp³-hybridized carbons (Fsp3) is 0.0714. The molecule has 0 aliphatic rings. The van der Waals surface area contributed by atoms with E-state index in [1.807, 2.05) is 6.07 Å². The first-order valence-corrected chi connectivity index (χ1v) is 5.85. The first kappa shape index (κ1) is 13.3. The highest BCUT2D eigenvalue weighted by Gasteiger charge is 2.14. The molecule has 0 saturated heterocycles. The van der Waals surface area contributed by atoms with E-state index in [2.05, 4.69) is 5.32 Å². The first-order chi connectivity index (χ1) is 9.11. The normalized spacial score (nSPS) is 11.7. The Morgan fingerprint density at radius 1 is 1.11 bits per heavy atom. The summed E-state index contributed by atoms with van der Waals surface area (Å²) in [5.74, 6) is -1.02. The topological polar surface area (TPSA) is 35.8 Å². The van der Waals surface area contributed by atoms with Gasteiger partial charge in [-0.2, -0.15) is 5.26 Å². The Bertz CT molecular complexity index is 638.